The molecule has 0 aromatic heterocycles. The minimum atomic E-state index is 0.336. The van der Waals surface area contributed by atoms with Crippen molar-refractivity contribution in [2.45, 2.75) is 111 Å². The molecule has 0 spiro atoms. The van der Waals surface area contributed by atoms with E-state index in [0.717, 1.165) is 51.5 Å². The number of nitrogens with two attached hydrogens (primary N) is 1. The molecule has 10 atom stereocenters. The molecule has 7 aliphatic carbocycles. The third-order valence-electron chi connectivity index (χ3n) is 15.3. The number of allylic oxidation sites excluding steroid dienone is 25. The number of hydrogen-bond donors (Lipinski definition) is 2. The lowest BCUT2D eigenvalue weighted by Crippen LogP contribution is -2.40. The Labute approximate surface area is 365 Å². The molecule has 318 valence electrons. The molecule has 0 saturated heterocycles. The second-order valence-electron chi connectivity index (χ2n) is 19.1. The molecule has 0 amide bonds. The molecule has 3 N–H and O–H groups in total. The van der Waals surface area contributed by atoms with Crippen molar-refractivity contribution in [3.8, 4) is 0 Å². The molecule has 7 aliphatic rings. The first-order valence-corrected chi connectivity index (χ1v) is 24.0. The van der Waals surface area contributed by atoms with Gasteiger partial charge in [0.15, 0.2) is 0 Å². The Morgan fingerprint density at radius 1 is 0.867 bits per heavy atom. The van der Waals surface area contributed by atoms with Crippen LogP contribution >= 0.6 is 0 Å². The average molecular weight is 801 g/mol. The van der Waals surface area contributed by atoms with Crippen molar-refractivity contribution in [2.24, 2.45) is 59.0 Å². The highest BCUT2D eigenvalue weighted by atomic mass is 14.9. The molecular weight excluding hydrogens is 725 g/mol. The van der Waals surface area contributed by atoms with Crippen molar-refractivity contribution in [1.29, 1.82) is 0 Å². The van der Waals surface area contributed by atoms with Crippen LogP contribution in [0.15, 0.2) is 179 Å². The second-order valence-corrected chi connectivity index (χ2v) is 19.1. The van der Waals surface area contributed by atoms with Gasteiger partial charge < -0.3 is 11.1 Å². The average Bonchev–Trinajstić information content (AvgIpc) is 3.53. The monoisotopic (exact) mass is 801 g/mol. The maximum Gasteiger partial charge on any atom is 0.0256 e. The smallest absolute Gasteiger partial charge is 0.0256 e. The maximum absolute atomic E-state index is 6.48. The molecule has 2 heteroatoms. The quantitative estimate of drug-likeness (QED) is 0.136. The lowest BCUT2D eigenvalue weighted by Gasteiger charge is -2.40. The van der Waals surface area contributed by atoms with Crippen LogP contribution in [-0.4, -0.2) is 19.1 Å². The topological polar surface area (TPSA) is 38.0 Å². The van der Waals surface area contributed by atoms with Gasteiger partial charge in [0.05, 0.1) is 0 Å². The molecule has 0 aliphatic heterocycles. The summed E-state index contributed by atoms with van der Waals surface area (Å²) < 4.78 is 0. The fourth-order valence-corrected chi connectivity index (χ4v) is 11.5. The standard InChI is InChI=1S/C58H76N2/c1-6-8-18-44(7-2)51-35-52(47-19-10-9-11-20-47)37-53(36-51)58(40-60-55-33-32-48-21-12-13-22-50(48)38-55)57-25-15-14-24-56(57)43(5)46-28-30-49(31-29-46)54(39-59)34-42(4)45-23-16-17-41(3)26-27-45/h6,8-15,18-19,21-22,24-26,30,32-34,37,45-48,50-52,55,57-58,60H,4,7,16-17,20,23,27-29,31,35-36,38-40,59H2,1-3,5H3/b8-6-,44-18+,54-34+,56-43+. The summed E-state index contributed by atoms with van der Waals surface area (Å²) in [6.07, 6.45) is 64.2. The van der Waals surface area contributed by atoms with E-state index in [0.29, 0.717) is 65.8 Å². The molecule has 0 radical (unpaired) electrons. The fourth-order valence-electron chi connectivity index (χ4n) is 11.5. The Bertz CT molecular complexity index is 1970. The lowest BCUT2D eigenvalue weighted by atomic mass is 9.66. The number of hydrogen-bond acceptors (Lipinski definition) is 2. The lowest BCUT2D eigenvalue weighted by molar-refractivity contribution is 0.321. The maximum atomic E-state index is 6.48. The van der Waals surface area contributed by atoms with Crippen LogP contribution in [0.5, 0.6) is 0 Å². The number of fused-ring (bicyclic) bond motifs is 1. The minimum absolute atomic E-state index is 0.336. The zero-order valence-corrected chi connectivity index (χ0v) is 37.6. The van der Waals surface area contributed by atoms with E-state index in [1.54, 1.807) is 22.3 Å². The summed E-state index contributed by atoms with van der Waals surface area (Å²) in [6.45, 7) is 15.4. The molecule has 0 saturated carbocycles. The first-order valence-electron chi connectivity index (χ1n) is 24.0. The molecule has 0 aromatic rings. The summed E-state index contributed by atoms with van der Waals surface area (Å²) in [5, 5.41) is 4.19. The first-order chi connectivity index (χ1) is 29.3. The predicted octanol–water partition coefficient (Wildman–Crippen LogP) is 14.2. The van der Waals surface area contributed by atoms with E-state index >= 15 is 0 Å². The van der Waals surface area contributed by atoms with Crippen LogP contribution in [0.25, 0.3) is 0 Å². The molecule has 7 rings (SSSR count). The van der Waals surface area contributed by atoms with E-state index in [-0.39, 0.29) is 0 Å². The van der Waals surface area contributed by atoms with Crippen LogP contribution in [0, 0.1) is 53.3 Å². The van der Waals surface area contributed by atoms with Gasteiger partial charge in [0.25, 0.3) is 0 Å². The third kappa shape index (κ3) is 11.1. The van der Waals surface area contributed by atoms with E-state index < -0.39 is 0 Å². The highest BCUT2D eigenvalue weighted by Crippen LogP contribution is 2.46. The highest BCUT2D eigenvalue weighted by molar-refractivity contribution is 5.43. The van der Waals surface area contributed by atoms with Gasteiger partial charge in [-0.1, -0.05) is 169 Å². The van der Waals surface area contributed by atoms with Gasteiger partial charge in [-0.05, 0) is 150 Å². The van der Waals surface area contributed by atoms with Crippen molar-refractivity contribution >= 4 is 0 Å². The minimum Gasteiger partial charge on any atom is -0.326 e. The van der Waals surface area contributed by atoms with Gasteiger partial charge in [-0.15, -0.1) is 0 Å². The van der Waals surface area contributed by atoms with E-state index in [1.165, 1.54) is 54.4 Å². The predicted molar refractivity (Wildman–Crippen MR) is 260 cm³/mol. The van der Waals surface area contributed by atoms with Crippen LogP contribution in [0.4, 0.5) is 0 Å². The summed E-state index contributed by atoms with van der Waals surface area (Å²) in [5.74, 6) is 4.57. The molecule has 2 nitrogen and oxygen atoms in total. The summed E-state index contributed by atoms with van der Waals surface area (Å²) in [5.41, 5.74) is 18.4. The van der Waals surface area contributed by atoms with Crippen LogP contribution < -0.4 is 11.1 Å². The van der Waals surface area contributed by atoms with Gasteiger partial charge in [-0.25, -0.2) is 0 Å². The van der Waals surface area contributed by atoms with Crippen LogP contribution in [0.1, 0.15) is 105 Å². The van der Waals surface area contributed by atoms with Crippen molar-refractivity contribution in [1.82, 2.24) is 5.32 Å². The molecular formula is C58H76N2. The highest BCUT2D eigenvalue weighted by Gasteiger charge is 2.36. The molecule has 60 heavy (non-hydrogen) atoms. The summed E-state index contributed by atoms with van der Waals surface area (Å²) in [7, 11) is 0. The van der Waals surface area contributed by atoms with Crippen LogP contribution in [0.3, 0.4) is 0 Å². The summed E-state index contributed by atoms with van der Waals surface area (Å²) in [6, 6.07) is 0.385. The summed E-state index contributed by atoms with van der Waals surface area (Å²) >= 11 is 0. The molecule has 0 aromatic carbocycles. The Morgan fingerprint density at radius 3 is 2.47 bits per heavy atom. The van der Waals surface area contributed by atoms with Crippen molar-refractivity contribution in [3.63, 3.8) is 0 Å². The van der Waals surface area contributed by atoms with Gasteiger partial charge in [-0.2, -0.15) is 0 Å². The van der Waals surface area contributed by atoms with Crippen molar-refractivity contribution < 1.29 is 0 Å². The van der Waals surface area contributed by atoms with Gasteiger partial charge >= 0.3 is 0 Å². The fraction of sp³-hybridized carbons (Fsp3) is 0.483. The Kier molecular flexibility index (Phi) is 15.9. The SMILES string of the molecule is C=C(/C=C(\CN)C1=CCC(/C(C)=C2\C=CC=CC2C(CNC2C=CC3C=CC=CC3C2)C2=CC(C3C=CC=CC3)CC(/C(=C/C=C\C)CC)C2)CC1)C1CC=C(C)CCC1. The van der Waals surface area contributed by atoms with E-state index in [4.69, 9.17) is 5.73 Å². The normalized spacial score (nSPS) is 33.3. The zero-order chi connectivity index (χ0) is 41.8. The molecule has 0 bridgehead atoms. The van der Waals surface area contributed by atoms with Gasteiger partial charge in [0.2, 0.25) is 0 Å². The molecule has 0 heterocycles. The largest absolute Gasteiger partial charge is 0.326 e. The Morgan fingerprint density at radius 2 is 1.68 bits per heavy atom. The third-order valence-corrected chi connectivity index (χ3v) is 15.3. The van der Waals surface area contributed by atoms with Crippen LogP contribution in [-0.2, 0) is 0 Å². The molecule has 0 fully saturated rings. The van der Waals surface area contributed by atoms with Gasteiger partial charge in [0, 0.05) is 36.9 Å². The summed E-state index contributed by atoms with van der Waals surface area (Å²) in [4.78, 5) is 0. The van der Waals surface area contributed by atoms with E-state index in [9.17, 15) is 0 Å². The second kappa shape index (κ2) is 21.7. The molecule has 10 unspecified atom stereocenters. The van der Waals surface area contributed by atoms with Gasteiger partial charge in [0.1, 0.15) is 0 Å². The van der Waals surface area contributed by atoms with Crippen molar-refractivity contribution in [3.05, 3.63) is 179 Å². The van der Waals surface area contributed by atoms with Crippen molar-refractivity contribution in [2.75, 3.05) is 13.1 Å². The Hall–Kier alpha value is -3.98. The van der Waals surface area contributed by atoms with Crippen LogP contribution in [0.2, 0.25) is 0 Å². The zero-order valence-electron chi connectivity index (χ0n) is 37.6. The van der Waals surface area contributed by atoms with E-state index in [1.807, 2.05) is 0 Å². The number of nitrogens with one attached hydrogen (secondary N) is 1. The first kappa shape index (κ1) is 44.1. The Balaban J connectivity index is 1.18. The number of rotatable bonds is 14. The van der Waals surface area contributed by atoms with E-state index in [2.05, 4.69) is 167 Å². The van der Waals surface area contributed by atoms with Gasteiger partial charge in [-0.3, -0.25) is 0 Å².